The fourth-order valence-electron chi connectivity index (χ4n) is 2.67. The van der Waals surface area contributed by atoms with Crippen LogP contribution in [0.15, 0.2) is 0 Å². The van der Waals surface area contributed by atoms with Crippen LogP contribution in [0.5, 0.6) is 0 Å². The number of sulfonamides is 1. The van der Waals surface area contributed by atoms with E-state index in [0.717, 1.165) is 38.8 Å². The molecule has 1 N–H and O–H groups in total. The fourth-order valence-corrected chi connectivity index (χ4v) is 3.60. The Labute approximate surface area is 124 Å². The average molecular weight is 306 g/mol. The molecule has 1 saturated heterocycles. The summed E-state index contributed by atoms with van der Waals surface area (Å²) >= 11 is 0. The van der Waals surface area contributed by atoms with Crippen LogP contribution in [-0.2, 0) is 14.8 Å². The molecule has 1 heterocycles. The van der Waals surface area contributed by atoms with Gasteiger partial charge >= 0.3 is 0 Å². The summed E-state index contributed by atoms with van der Waals surface area (Å²) in [6, 6.07) is 0.488. The molecule has 1 rings (SSSR count). The van der Waals surface area contributed by atoms with E-state index in [4.69, 9.17) is 4.74 Å². The van der Waals surface area contributed by atoms with Crippen molar-refractivity contribution in [3.05, 3.63) is 0 Å². The molecule has 120 valence electrons. The molecule has 20 heavy (non-hydrogen) atoms. The Morgan fingerprint density at radius 1 is 1.40 bits per heavy atom. The highest BCUT2D eigenvalue weighted by Gasteiger charge is 2.31. The van der Waals surface area contributed by atoms with Gasteiger partial charge in [0.25, 0.3) is 0 Å². The van der Waals surface area contributed by atoms with Crippen molar-refractivity contribution in [1.82, 2.24) is 9.62 Å². The first-order chi connectivity index (χ1) is 9.30. The van der Waals surface area contributed by atoms with Gasteiger partial charge in [0.2, 0.25) is 10.0 Å². The second-order valence-corrected chi connectivity index (χ2v) is 7.89. The van der Waals surface area contributed by atoms with E-state index in [0.29, 0.717) is 19.1 Å². The molecule has 2 atom stereocenters. The van der Waals surface area contributed by atoms with Crippen molar-refractivity contribution in [2.24, 2.45) is 0 Å². The van der Waals surface area contributed by atoms with Gasteiger partial charge in [-0.1, -0.05) is 13.8 Å². The molecular formula is C14H30N2O3S. The van der Waals surface area contributed by atoms with Crippen molar-refractivity contribution < 1.29 is 13.2 Å². The molecule has 0 radical (unpaired) electrons. The summed E-state index contributed by atoms with van der Waals surface area (Å²) in [5.74, 6) is 0. The van der Waals surface area contributed by atoms with Crippen LogP contribution in [0.25, 0.3) is 0 Å². The van der Waals surface area contributed by atoms with Crippen LogP contribution in [0.4, 0.5) is 0 Å². The van der Waals surface area contributed by atoms with E-state index in [1.54, 1.807) is 0 Å². The van der Waals surface area contributed by atoms with Crippen LogP contribution in [0.2, 0.25) is 0 Å². The smallest absolute Gasteiger partial charge is 0.211 e. The van der Waals surface area contributed by atoms with Crippen LogP contribution in [0, 0.1) is 0 Å². The standard InChI is InChI=1S/C14H30N2O3S/c1-5-14(3)12-13(8-11-19-14)15-9-7-10-16(6-2)20(4,17)18/h13,15H,5-12H2,1-4H3. The first-order valence-electron chi connectivity index (χ1n) is 7.63. The third-order valence-electron chi connectivity index (χ3n) is 4.18. The SMILES string of the molecule is CCN(CCCNC1CCOC(C)(CC)C1)S(C)(=O)=O. The van der Waals surface area contributed by atoms with Crippen molar-refractivity contribution in [2.75, 3.05) is 32.5 Å². The van der Waals surface area contributed by atoms with Gasteiger partial charge in [-0.3, -0.25) is 0 Å². The molecule has 2 unspecified atom stereocenters. The topological polar surface area (TPSA) is 58.6 Å². The lowest BCUT2D eigenvalue weighted by atomic mass is 9.90. The molecule has 0 spiro atoms. The van der Waals surface area contributed by atoms with E-state index in [1.165, 1.54) is 10.6 Å². The van der Waals surface area contributed by atoms with Gasteiger partial charge in [0, 0.05) is 25.7 Å². The molecular weight excluding hydrogens is 276 g/mol. The molecule has 0 amide bonds. The Morgan fingerprint density at radius 3 is 2.65 bits per heavy atom. The van der Waals surface area contributed by atoms with Crippen molar-refractivity contribution in [1.29, 1.82) is 0 Å². The molecule has 6 heteroatoms. The summed E-state index contributed by atoms with van der Waals surface area (Å²) in [7, 11) is -3.06. The van der Waals surface area contributed by atoms with E-state index in [9.17, 15) is 8.42 Å². The Hall–Kier alpha value is -0.170. The highest BCUT2D eigenvalue weighted by Crippen LogP contribution is 2.27. The summed E-state index contributed by atoms with van der Waals surface area (Å²) in [5, 5.41) is 3.54. The van der Waals surface area contributed by atoms with Gasteiger partial charge in [-0.25, -0.2) is 12.7 Å². The summed E-state index contributed by atoms with van der Waals surface area (Å²) in [6.45, 7) is 9.01. The van der Waals surface area contributed by atoms with Crippen LogP contribution < -0.4 is 5.32 Å². The quantitative estimate of drug-likeness (QED) is 0.692. The molecule has 0 bridgehead atoms. The van der Waals surface area contributed by atoms with E-state index in [1.807, 2.05) is 6.92 Å². The lowest BCUT2D eigenvalue weighted by Gasteiger charge is -2.38. The highest BCUT2D eigenvalue weighted by molar-refractivity contribution is 7.88. The minimum Gasteiger partial charge on any atom is -0.375 e. The number of hydrogen-bond donors (Lipinski definition) is 1. The maximum Gasteiger partial charge on any atom is 0.211 e. The Morgan fingerprint density at radius 2 is 2.10 bits per heavy atom. The first kappa shape index (κ1) is 17.9. The van der Waals surface area contributed by atoms with Crippen LogP contribution in [-0.4, -0.2) is 56.9 Å². The zero-order valence-corrected chi connectivity index (χ0v) is 14.1. The third-order valence-corrected chi connectivity index (χ3v) is 5.56. The minimum absolute atomic E-state index is 0.00186. The van der Waals surface area contributed by atoms with Gasteiger partial charge in [-0.05, 0) is 39.2 Å². The molecule has 1 fully saturated rings. The van der Waals surface area contributed by atoms with Gasteiger partial charge in [-0.2, -0.15) is 0 Å². The monoisotopic (exact) mass is 306 g/mol. The second kappa shape index (κ2) is 7.73. The van der Waals surface area contributed by atoms with Crippen LogP contribution in [0.3, 0.4) is 0 Å². The zero-order valence-electron chi connectivity index (χ0n) is 13.3. The largest absolute Gasteiger partial charge is 0.375 e. The van der Waals surface area contributed by atoms with Crippen LogP contribution in [0.1, 0.15) is 46.5 Å². The molecule has 0 aromatic carbocycles. The lowest BCUT2D eigenvalue weighted by molar-refractivity contribution is -0.0778. The third kappa shape index (κ3) is 5.68. The number of hydrogen-bond acceptors (Lipinski definition) is 4. The van der Waals surface area contributed by atoms with Crippen molar-refractivity contribution in [3.8, 4) is 0 Å². The fraction of sp³-hybridized carbons (Fsp3) is 1.00. The summed E-state index contributed by atoms with van der Waals surface area (Å²) in [5.41, 5.74) is -0.00186. The van der Waals surface area contributed by atoms with E-state index in [-0.39, 0.29) is 5.60 Å². The molecule has 0 aliphatic carbocycles. The van der Waals surface area contributed by atoms with E-state index < -0.39 is 10.0 Å². The first-order valence-corrected chi connectivity index (χ1v) is 9.48. The second-order valence-electron chi connectivity index (χ2n) is 5.90. The van der Waals surface area contributed by atoms with Crippen LogP contribution >= 0.6 is 0 Å². The summed E-state index contributed by atoms with van der Waals surface area (Å²) in [6.07, 6.45) is 5.23. The number of nitrogens with one attached hydrogen (secondary N) is 1. The molecule has 0 saturated carbocycles. The maximum atomic E-state index is 11.5. The Bertz CT molecular complexity index is 386. The maximum absolute atomic E-state index is 11.5. The predicted molar refractivity (Wildman–Crippen MR) is 82.4 cm³/mol. The number of ether oxygens (including phenoxy) is 1. The summed E-state index contributed by atoms with van der Waals surface area (Å²) < 4.78 is 30.3. The number of nitrogens with zero attached hydrogens (tertiary/aromatic N) is 1. The van der Waals surface area contributed by atoms with Gasteiger partial charge < -0.3 is 10.1 Å². The van der Waals surface area contributed by atoms with Crippen molar-refractivity contribution in [2.45, 2.75) is 58.1 Å². The summed E-state index contributed by atoms with van der Waals surface area (Å²) in [4.78, 5) is 0. The van der Waals surface area contributed by atoms with Crippen molar-refractivity contribution >= 4 is 10.0 Å². The Kier molecular flexibility index (Phi) is 6.91. The van der Waals surface area contributed by atoms with Gasteiger partial charge in [0.1, 0.15) is 0 Å². The highest BCUT2D eigenvalue weighted by atomic mass is 32.2. The van der Waals surface area contributed by atoms with E-state index in [2.05, 4.69) is 19.2 Å². The normalized spacial score (nSPS) is 27.9. The lowest BCUT2D eigenvalue weighted by Crippen LogP contribution is -2.45. The molecule has 1 aliphatic rings. The Balaban J connectivity index is 2.27. The van der Waals surface area contributed by atoms with Crippen molar-refractivity contribution in [3.63, 3.8) is 0 Å². The van der Waals surface area contributed by atoms with Gasteiger partial charge in [0.05, 0.1) is 11.9 Å². The molecule has 0 aromatic heterocycles. The predicted octanol–water partition coefficient (Wildman–Crippen LogP) is 1.60. The zero-order chi connectivity index (χ0) is 15.2. The molecule has 5 nitrogen and oxygen atoms in total. The molecule has 1 aliphatic heterocycles. The van der Waals surface area contributed by atoms with E-state index >= 15 is 0 Å². The minimum atomic E-state index is -3.06. The van der Waals surface area contributed by atoms with Gasteiger partial charge in [-0.15, -0.1) is 0 Å². The number of rotatable bonds is 8. The molecule has 0 aromatic rings. The average Bonchev–Trinajstić information content (AvgIpc) is 2.37. The van der Waals surface area contributed by atoms with Gasteiger partial charge in [0.15, 0.2) is 0 Å².